The molecule has 150 valence electrons. The fourth-order valence-corrected chi connectivity index (χ4v) is 3.30. The van der Waals surface area contributed by atoms with Crippen LogP contribution in [0.5, 0.6) is 0 Å². The normalized spacial score (nSPS) is 15.5. The summed E-state index contributed by atoms with van der Waals surface area (Å²) in [7, 11) is 0. The van der Waals surface area contributed by atoms with Gasteiger partial charge in [-0.2, -0.15) is 13.2 Å². The van der Waals surface area contributed by atoms with Gasteiger partial charge in [-0.05, 0) is 49.1 Å². The lowest BCUT2D eigenvalue weighted by atomic mass is 10.0. The molecule has 0 aliphatic carbocycles. The highest BCUT2D eigenvalue weighted by Crippen LogP contribution is 2.31. The molecule has 28 heavy (non-hydrogen) atoms. The van der Waals surface area contributed by atoms with E-state index in [9.17, 15) is 22.8 Å². The number of rotatable bonds is 5. The van der Waals surface area contributed by atoms with Crippen molar-refractivity contribution < 1.29 is 18.0 Å². The summed E-state index contributed by atoms with van der Waals surface area (Å²) in [4.78, 5) is 27.8. The summed E-state index contributed by atoms with van der Waals surface area (Å²) >= 11 is 0. The van der Waals surface area contributed by atoms with E-state index in [1.54, 1.807) is 12.3 Å². The maximum absolute atomic E-state index is 12.7. The van der Waals surface area contributed by atoms with Crippen LogP contribution in [-0.2, 0) is 17.4 Å². The molecule has 0 unspecified atom stereocenters. The van der Waals surface area contributed by atoms with Gasteiger partial charge in [0.05, 0.1) is 5.56 Å². The molecular weight excluding hydrogens is 371 g/mol. The summed E-state index contributed by atoms with van der Waals surface area (Å²) in [6, 6.07) is 8.38. The van der Waals surface area contributed by atoms with Gasteiger partial charge < -0.3 is 15.2 Å². The quantitative estimate of drug-likeness (QED) is 0.821. The highest BCUT2D eigenvalue weighted by atomic mass is 19.4. The number of aromatic nitrogens is 1. The third kappa shape index (κ3) is 5.37. The van der Waals surface area contributed by atoms with E-state index in [0.29, 0.717) is 25.9 Å². The largest absolute Gasteiger partial charge is 0.416 e. The molecule has 0 radical (unpaired) electrons. The molecule has 0 saturated carbocycles. The maximum atomic E-state index is 12.7. The van der Waals surface area contributed by atoms with Crippen molar-refractivity contribution in [1.82, 2.24) is 10.3 Å². The number of amides is 1. The Morgan fingerprint density at radius 2 is 1.79 bits per heavy atom. The highest BCUT2D eigenvalue weighted by molar-refractivity contribution is 5.76. The molecule has 3 rings (SSSR count). The van der Waals surface area contributed by atoms with Crippen molar-refractivity contribution in [1.29, 1.82) is 0 Å². The van der Waals surface area contributed by atoms with Gasteiger partial charge in [-0.15, -0.1) is 0 Å². The Bertz CT molecular complexity index is 834. The first-order valence-electron chi connectivity index (χ1n) is 9.20. The summed E-state index contributed by atoms with van der Waals surface area (Å²) in [5.74, 6) is -0.0424. The molecule has 1 amide bonds. The van der Waals surface area contributed by atoms with Crippen molar-refractivity contribution in [2.45, 2.75) is 37.9 Å². The van der Waals surface area contributed by atoms with Crippen LogP contribution in [0.1, 0.15) is 30.4 Å². The van der Waals surface area contributed by atoms with Gasteiger partial charge in [0.15, 0.2) is 0 Å². The van der Waals surface area contributed by atoms with Crippen molar-refractivity contribution in [3.63, 3.8) is 0 Å². The number of H-pyrrole nitrogens is 1. The van der Waals surface area contributed by atoms with Gasteiger partial charge in [0, 0.05) is 43.5 Å². The minimum Gasteiger partial charge on any atom is -0.371 e. The lowest BCUT2D eigenvalue weighted by molar-refractivity contribution is -0.137. The van der Waals surface area contributed by atoms with Crippen LogP contribution >= 0.6 is 0 Å². The zero-order chi connectivity index (χ0) is 20.1. The van der Waals surface area contributed by atoms with Crippen LogP contribution in [0, 0.1) is 0 Å². The average Bonchev–Trinajstić information content (AvgIpc) is 2.68. The predicted molar refractivity (Wildman–Crippen MR) is 100 cm³/mol. The van der Waals surface area contributed by atoms with Crippen molar-refractivity contribution >= 4 is 11.6 Å². The molecule has 1 saturated heterocycles. The Hall–Kier alpha value is -2.77. The monoisotopic (exact) mass is 393 g/mol. The zero-order valence-electron chi connectivity index (χ0n) is 15.3. The minimum atomic E-state index is -4.33. The fraction of sp³-hybridized carbons (Fsp3) is 0.400. The Morgan fingerprint density at radius 3 is 2.36 bits per heavy atom. The first-order chi connectivity index (χ1) is 13.3. The molecule has 5 nitrogen and oxygen atoms in total. The van der Waals surface area contributed by atoms with Crippen molar-refractivity contribution in [3.05, 3.63) is 64.1 Å². The molecule has 1 aromatic carbocycles. The second-order valence-electron chi connectivity index (χ2n) is 6.93. The van der Waals surface area contributed by atoms with Gasteiger partial charge in [-0.3, -0.25) is 9.59 Å². The molecule has 1 aromatic heterocycles. The molecule has 1 fully saturated rings. The van der Waals surface area contributed by atoms with E-state index in [-0.39, 0.29) is 17.5 Å². The van der Waals surface area contributed by atoms with Crippen LogP contribution in [0.15, 0.2) is 47.4 Å². The topological polar surface area (TPSA) is 65.2 Å². The summed E-state index contributed by atoms with van der Waals surface area (Å²) in [5.41, 5.74) is 0.830. The van der Waals surface area contributed by atoms with Crippen molar-refractivity contribution in [2.75, 3.05) is 18.0 Å². The van der Waals surface area contributed by atoms with Gasteiger partial charge in [0.1, 0.15) is 0 Å². The standard InChI is InChI=1S/C20H22F3N3O2/c21-20(22,23)15-3-5-17(6-4-15)26-11-9-16(10-12-26)25-19(28)8-2-14-1-7-18(27)24-13-14/h1,3-7,13,16H,2,8-12H2,(H,24,27)(H,25,28). The molecular formula is C20H22F3N3O2. The van der Waals surface area contributed by atoms with Crippen LogP contribution in [0.2, 0.25) is 0 Å². The van der Waals surface area contributed by atoms with Gasteiger partial charge in [0.2, 0.25) is 11.5 Å². The highest BCUT2D eigenvalue weighted by Gasteiger charge is 2.30. The third-order valence-electron chi connectivity index (χ3n) is 4.91. The number of carbonyl (C=O) groups excluding carboxylic acids is 1. The van der Waals surface area contributed by atoms with Gasteiger partial charge >= 0.3 is 6.18 Å². The van der Waals surface area contributed by atoms with E-state index in [1.807, 2.05) is 4.90 Å². The van der Waals surface area contributed by atoms with Crippen LogP contribution in [0.3, 0.4) is 0 Å². The number of anilines is 1. The number of hydrogen-bond donors (Lipinski definition) is 2. The summed E-state index contributed by atoms with van der Waals surface area (Å²) in [5, 5.41) is 3.02. The first-order valence-corrected chi connectivity index (χ1v) is 9.20. The number of nitrogens with one attached hydrogen (secondary N) is 2. The van der Waals surface area contributed by atoms with Gasteiger partial charge in [-0.1, -0.05) is 6.07 Å². The predicted octanol–water partition coefficient (Wildman–Crippen LogP) is 3.11. The Balaban J connectivity index is 1.44. The van der Waals surface area contributed by atoms with E-state index in [2.05, 4.69) is 10.3 Å². The van der Waals surface area contributed by atoms with E-state index in [0.717, 1.165) is 36.2 Å². The number of pyridine rings is 1. The first kappa shape index (κ1) is 20.0. The zero-order valence-corrected chi connectivity index (χ0v) is 15.3. The maximum Gasteiger partial charge on any atom is 0.416 e. The second kappa shape index (κ2) is 8.50. The van der Waals surface area contributed by atoms with Gasteiger partial charge in [-0.25, -0.2) is 0 Å². The van der Waals surface area contributed by atoms with Crippen LogP contribution < -0.4 is 15.8 Å². The fourth-order valence-electron chi connectivity index (χ4n) is 3.30. The second-order valence-corrected chi connectivity index (χ2v) is 6.93. The number of carbonyl (C=O) groups is 1. The molecule has 2 N–H and O–H groups in total. The summed E-state index contributed by atoms with van der Waals surface area (Å²) in [6.45, 7) is 1.35. The minimum absolute atomic E-state index is 0.0424. The number of aromatic amines is 1. The third-order valence-corrected chi connectivity index (χ3v) is 4.91. The van der Waals surface area contributed by atoms with E-state index < -0.39 is 11.7 Å². The lowest BCUT2D eigenvalue weighted by Gasteiger charge is -2.34. The Morgan fingerprint density at radius 1 is 1.11 bits per heavy atom. The number of hydrogen-bond acceptors (Lipinski definition) is 3. The number of piperidine rings is 1. The van der Waals surface area contributed by atoms with Crippen LogP contribution in [0.4, 0.5) is 18.9 Å². The van der Waals surface area contributed by atoms with E-state index in [4.69, 9.17) is 0 Å². The summed E-state index contributed by atoms with van der Waals surface area (Å²) in [6.07, 6.45) is -0.349. The molecule has 1 aliphatic heterocycles. The number of benzene rings is 1. The number of aryl methyl sites for hydroxylation is 1. The number of alkyl halides is 3. The van der Waals surface area contributed by atoms with E-state index >= 15 is 0 Å². The molecule has 0 atom stereocenters. The SMILES string of the molecule is O=C(CCc1ccc(=O)[nH]c1)NC1CCN(c2ccc(C(F)(F)F)cc2)CC1. The Kier molecular flexibility index (Phi) is 6.06. The molecule has 0 spiro atoms. The number of nitrogens with zero attached hydrogens (tertiary/aromatic N) is 1. The smallest absolute Gasteiger partial charge is 0.371 e. The Labute approximate surface area is 160 Å². The molecule has 1 aliphatic rings. The molecule has 8 heteroatoms. The van der Waals surface area contributed by atoms with Crippen molar-refractivity contribution in [2.24, 2.45) is 0 Å². The lowest BCUT2D eigenvalue weighted by Crippen LogP contribution is -2.44. The summed E-state index contributed by atoms with van der Waals surface area (Å²) < 4.78 is 38.0. The van der Waals surface area contributed by atoms with Crippen molar-refractivity contribution in [3.8, 4) is 0 Å². The molecule has 2 aromatic rings. The van der Waals surface area contributed by atoms with Crippen LogP contribution in [-0.4, -0.2) is 30.0 Å². The van der Waals surface area contributed by atoms with E-state index in [1.165, 1.54) is 18.2 Å². The molecule has 0 bridgehead atoms. The average molecular weight is 393 g/mol. The van der Waals surface area contributed by atoms with Gasteiger partial charge in [0.25, 0.3) is 0 Å². The number of halogens is 3. The molecule has 2 heterocycles. The van der Waals surface area contributed by atoms with Crippen LogP contribution in [0.25, 0.3) is 0 Å².